The zero-order valence-electron chi connectivity index (χ0n) is 31.0. The molecular weight excluding hydrogens is 818 g/mol. The van der Waals surface area contributed by atoms with Crippen molar-refractivity contribution in [3.63, 3.8) is 0 Å². The molecule has 0 unspecified atom stereocenters. The summed E-state index contributed by atoms with van der Waals surface area (Å²) in [4.78, 5) is 3.03. The van der Waals surface area contributed by atoms with Gasteiger partial charge >= 0.3 is 310 Å². The first kappa shape index (κ1) is 39.5. The van der Waals surface area contributed by atoms with Crippen molar-refractivity contribution in [1.82, 2.24) is 0 Å². The Balaban J connectivity index is 1.63. The molecule has 0 fully saturated rings. The summed E-state index contributed by atoms with van der Waals surface area (Å²) in [5, 5.41) is 0. The van der Waals surface area contributed by atoms with Crippen LogP contribution in [-0.4, -0.2) is 36.8 Å². The molecule has 2 heterocycles. The molecule has 0 saturated carbocycles. The Morgan fingerprint density at radius 3 is 1.40 bits per heavy atom. The van der Waals surface area contributed by atoms with Gasteiger partial charge in [-0.25, -0.2) is 0 Å². The van der Waals surface area contributed by atoms with Crippen molar-refractivity contribution < 1.29 is 0 Å². The fourth-order valence-corrected chi connectivity index (χ4v) is 48.4. The van der Waals surface area contributed by atoms with Gasteiger partial charge in [-0.1, -0.05) is 0 Å². The molecule has 4 rings (SSSR count). The van der Waals surface area contributed by atoms with Crippen LogP contribution in [0.25, 0.3) is 11.1 Å². The normalized spacial score (nSPS) is 15.2. The van der Waals surface area contributed by atoms with E-state index in [1.54, 1.807) is 26.6 Å². The Bertz CT molecular complexity index is 1350. The van der Waals surface area contributed by atoms with E-state index < -0.39 is 36.8 Å². The second-order valence-electron chi connectivity index (χ2n) is 14.6. The van der Waals surface area contributed by atoms with Crippen molar-refractivity contribution >= 4 is 76.4 Å². The number of unbranched alkanes of at least 4 members (excludes halogenated alkanes) is 6. The molecule has 2 aliphatic carbocycles. The standard InChI is InChI=1S/C19H12S2.6C4H9.2Sn/c1-5-14-13-15(16(7-1)18-9-3-11-20-18)6-2-8-17(14)19-10-4-12-21-19;6*1-3-4-2;;/h1-10H,13H2;6*1,3-4H2,2H3;;. The van der Waals surface area contributed by atoms with Crippen LogP contribution in [0.5, 0.6) is 0 Å². The molecule has 0 spiro atoms. The molecule has 4 heteroatoms. The fourth-order valence-electron chi connectivity index (χ4n) is 8.02. The van der Waals surface area contributed by atoms with Gasteiger partial charge in [0.15, 0.2) is 0 Å². The monoisotopic (exact) mass is 886 g/mol. The van der Waals surface area contributed by atoms with Crippen LogP contribution in [0, 0.1) is 0 Å². The molecule has 0 N–H and O–H groups in total. The van der Waals surface area contributed by atoms with E-state index in [2.05, 4.69) is 125 Å². The molecule has 0 atom stereocenters. The molecule has 2 bridgehead atoms. The molecule has 2 aromatic rings. The van der Waals surface area contributed by atoms with Crippen LogP contribution in [0.2, 0.25) is 26.6 Å². The first-order valence-corrected chi connectivity index (χ1v) is 36.3. The number of rotatable bonds is 22. The van der Waals surface area contributed by atoms with E-state index in [1.165, 1.54) is 109 Å². The number of fused-ring (bicyclic) bond motifs is 2. The summed E-state index contributed by atoms with van der Waals surface area (Å²) in [5.41, 5.74) is 5.95. The molecule has 47 heavy (non-hydrogen) atoms. The third-order valence-electron chi connectivity index (χ3n) is 11.0. The Morgan fingerprint density at radius 2 is 0.936 bits per heavy atom. The van der Waals surface area contributed by atoms with Crippen LogP contribution in [0.15, 0.2) is 71.9 Å². The Kier molecular flexibility index (Phi) is 17.2. The fraction of sp³-hybridized carbons (Fsp3) is 0.581. The van der Waals surface area contributed by atoms with Gasteiger partial charge in [0.25, 0.3) is 0 Å². The third-order valence-corrected chi connectivity index (χ3v) is 49.8. The average molecular weight is 885 g/mol. The molecule has 0 amide bonds. The van der Waals surface area contributed by atoms with Gasteiger partial charge in [-0.05, 0) is 0 Å². The maximum absolute atomic E-state index is 2.61. The van der Waals surface area contributed by atoms with Crippen molar-refractivity contribution in [1.29, 1.82) is 0 Å². The number of thiophene rings is 2. The summed E-state index contributed by atoms with van der Waals surface area (Å²) in [6, 6.07) is 10.3. The second-order valence-corrected chi connectivity index (χ2v) is 45.1. The van der Waals surface area contributed by atoms with Crippen molar-refractivity contribution in [2.24, 2.45) is 0 Å². The second kappa shape index (κ2) is 20.5. The summed E-state index contributed by atoms with van der Waals surface area (Å²) in [7, 11) is 0. The van der Waals surface area contributed by atoms with E-state index in [9.17, 15) is 0 Å². The molecule has 2 aliphatic rings. The van der Waals surface area contributed by atoms with Gasteiger partial charge in [0, 0.05) is 0 Å². The molecule has 0 aliphatic heterocycles. The summed E-state index contributed by atoms with van der Waals surface area (Å²) in [6.45, 7) is 14.4. The topological polar surface area (TPSA) is 0 Å². The van der Waals surface area contributed by atoms with Crippen molar-refractivity contribution in [3.05, 3.63) is 81.6 Å². The van der Waals surface area contributed by atoms with Gasteiger partial charge < -0.3 is 0 Å². The van der Waals surface area contributed by atoms with E-state index in [0.29, 0.717) is 0 Å². The Labute approximate surface area is 306 Å². The molecule has 0 radical (unpaired) electrons. The quantitative estimate of drug-likeness (QED) is 0.103. The Hall–Kier alpha value is -0.303. The number of hydrogen-bond donors (Lipinski definition) is 0. The number of allylic oxidation sites excluding steroid dienone is 10. The van der Waals surface area contributed by atoms with E-state index in [-0.39, 0.29) is 0 Å². The average Bonchev–Trinajstić information content (AvgIpc) is 3.70. The van der Waals surface area contributed by atoms with Gasteiger partial charge in [0.2, 0.25) is 0 Å². The minimum absolute atomic E-state index is 1.04. The van der Waals surface area contributed by atoms with E-state index in [4.69, 9.17) is 0 Å². The van der Waals surface area contributed by atoms with Crippen LogP contribution < -0.4 is 5.79 Å². The van der Waals surface area contributed by atoms with Crippen LogP contribution >= 0.6 is 22.7 Å². The molecule has 0 saturated heterocycles. The van der Waals surface area contributed by atoms with Crippen molar-refractivity contribution in [2.45, 2.75) is 152 Å². The Morgan fingerprint density at radius 1 is 0.511 bits per heavy atom. The first-order chi connectivity index (χ1) is 23.0. The molecular formula is C43H66S2Sn2. The maximum atomic E-state index is 2.61. The van der Waals surface area contributed by atoms with Crippen LogP contribution in [0.4, 0.5) is 0 Å². The SMILES string of the molecule is CCC[CH2][Sn]([CH2]CCC)([CH2]CCC)[c]1ccc(C2=CC=CC3=C(c4cc[c]([Sn]([CH2]CCC)([CH2]CCC)[CH2]CCC)s4)C=CC=C2C3)s1. The van der Waals surface area contributed by atoms with Gasteiger partial charge in [0.1, 0.15) is 0 Å². The predicted molar refractivity (Wildman–Crippen MR) is 224 cm³/mol. The number of hydrogen-bond acceptors (Lipinski definition) is 2. The van der Waals surface area contributed by atoms with Crippen molar-refractivity contribution in [3.8, 4) is 0 Å². The van der Waals surface area contributed by atoms with Crippen molar-refractivity contribution in [2.75, 3.05) is 0 Å². The van der Waals surface area contributed by atoms with Crippen LogP contribution in [0.3, 0.4) is 0 Å². The van der Waals surface area contributed by atoms with E-state index >= 15 is 0 Å². The predicted octanol–water partition coefficient (Wildman–Crippen LogP) is 14.2. The van der Waals surface area contributed by atoms with Gasteiger partial charge in [-0.2, -0.15) is 0 Å². The van der Waals surface area contributed by atoms with E-state index in [1.807, 2.05) is 5.79 Å². The molecule has 0 nitrogen and oxygen atoms in total. The van der Waals surface area contributed by atoms with Gasteiger partial charge in [-0.15, -0.1) is 0 Å². The third kappa shape index (κ3) is 10.4. The summed E-state index contributed by atoms with van der Waals surface area (Å²) in [6.07, 6.45) is 32.2. The van der Waals surface area contributed by atoms with E-state index in [0.717, 1.165) is 6.42 Å². The van der Waals surface area contributed by atoms with Gasteiger partial charge in [-0.3, -0.25) is 0 Å². The minimum atomic E-state index is -2.43. The summed E-state index contributed by atoms with van der Waals surface area (Å²) >= 11 is -0.464. The van der Waals surface area contributed by atoms with Crippen LogP contribution in [0.1, 0.15) is 135 Å². The van der Waals surface area contributed by atoms with Gasteiger partial charge in [0.05, 0.1) is 0 Å². The summed E-state index contributed by atoms with van der Waals surface area (Å²) in [5.74, 6) is 0. The summed E-state index contributed by atoms with van der Waals surface area (Å²) < 4.78 is 13.0. The molecule has 258 valence electrons. The molecule has 2 aromatic heterocycles. The zero-order valence-corrected chi connectivity index (χ0v) is 38.4. The first-order valence-electron chi connectivity index (χ1n) is 19.7. The zero-order chi connectivity index (χ0) is 33.5. The van der Waals surface area contributed by atoms with Crippen LogP contribution in [-0.2, 0) is 0 Å². The molecule has 0 aromatic carbocycles.